The molecule has 6 heteroatoms. The van der Waals surface area contributed by atoms with Crippen molar-refractivity contribution in [3.05, 3.63) is 65.9 Å². The number of nitrogens with zero attached hydrogens (tertiary/aromatic N) is 3. The molecule has 2 heterocycles. The van der Waals surface area contributed by atoms with Crippen LogP contribution in [0.25, 0.3) is 16.6 Å². The molecule has 0 aliphatic carbocycles. The number of para-hydroxylation sites is 2. The van der Waals surface area contributed by atoms with Crippen molar-refractivity contribution >= 4 is 28.1 Å². The Morgan fingerprint density at radius 2 is 1.96 bits per heavy atom. The van der Waals surface area contributed by atoms with Crippen LogP contribution in [0.1, 0.15) is 5.82 Å². The molecule has 0 saturated heterocycles. The highest BCUT2D eigenvalue weighted by Crippen LogP contribution is 2.32. The van der Waals surface area contributed by atoms with Gasteiger partial charge in [0.25, 0.3) is 0 Å². The van der Waals surface area contributed by atoms with Gasteiger partial charge in [-0.3, -0.25) is 5.41 Å². The Balaban J connectivity index is 1.79. The number of amidine groups is 1. The molecular weight excluding hydrogens is 307 g/mol. The number of anilines is 1. The summed E-state index contributed by atoms with van der Waals surface area (Å²) in [4.78, 5) is 6.11. The van der Waals surface area contributed by atoms with Gasteiger partial charge in [0.2, 0.25) is 0 Å². The lowest BCUT2D eigenvalue weighted by atomic mass is 10.2. The SMILES string of the molecule is Cn1c(C2=C(O)CN(c3cccc(F)c3)C2=N)nc2ccccc21. The number of aryl methyl sites for hydroxylation is 1. The van der Waals surface area contributed by atoms with Gasteiger partial charge in [0.15, 0.2) is 0 Å². The van der Waals surface area contributed by atoms with Crippen molar-refractivity contribution in [2.45, 2.75) is 0 Å². The minimum atomic E-state index is -0.379. The Kier molecular flexibility index (Phi) is 3.13. The van der Waals surface area contributed by atoms with Crippen molar-refractivity contribution < 1.29 is 9.50 Å². The second kappa shape index (κ2) is 5.19. The number of nitrogens with one attached hydrogen (secondary N) is 1. The van der Waals surface area contributed by atoms with Crippen molar-refractivity contribution in [2.24, 2.45) is 7.05 Å². The summed E-state index contributed by atoms with van der Waals surface area (Å²) in [6.45, 7) is 0.126. The highest BCUT2D eigenvalue weighted by molar-refractivity contribution is 6.30. The maximum absolute atomic E-state index is 13.5. The van der Waals surface area contributed by atoms with E-state index in [2.05, 4.69) is 4.98 Å². The molecule has 0 saturated carbocycles. The van der Waals surface area contributed by atoms with Crippen LogP contribution in [0.3, 0.4) is 0 Å². The third-order valence-corrected chi connectivity index (χ3v) is 4.23. The zero-order valence-electron chi connectivity index (χ0n) is 13.0. The average molecular weight is 322 g/mol. The number of rotatable bonds is 2. The lowest BCUT2D eigenvalue weighted by Crippen LogP contribution is -2.26. The Morgan fingerprint density at radius 1 is 1.17 bits per heavy atom. The van der Waals surface area contributed by atoms with Crippen molar-refractivity contribution in [2.75, 3.05) is 11.4 Å². The largest absolute Gasteiger partial charge is 0.509 e. The molecule has 4 rings (SSSR count). The monoisotopic (exact) mass is 322 g/mol. The van der Waals surface area contributed by atoms with Crippen LogP contribution in [-0.2, 0) is 7.05 Å². The van der Waals surface area contributed by atoms with E-state index < -0.39 is 0 Å². The Labute approximate surface area is 137 Å². The van der Waals surface area contributed by atoms with Crippen molar-refractivity contribution in [1.29, 1.82) is 5.41 Å². The fourth-order valence-corrected chi connectivity index (χ4v) is 3.05. The molecule has 24 heavy (non-hydrogen) atoms. The van der Waals surface area contributed by atoms with E-state index in [-0.39, 0.29) is 24.0 Å². The van der Waals surface area contributed by atoms with E-state index >= 15 is 0 Å². The van der Waals surface area contributed by atoms with Gasteiger partial charge in [0, 0.05) is 12.7 Å². The maximum Gasteiger partial charge on any atom is 0.148 e. The van der Waals surface area contributed by atoms with Crippen LogP contribution < -0.4 is 4.90 Å². The summed E-state index contributed by atoms with van der Waals surface area (Å²) in [6.07, 6.45) is 0. The summed E-state index contributed by atoms with van der Waals surface area (Å²) in [5.41, 5.74) is 2.62. The lowest BCUT2D eigenvalue weighted by Gasteiger charge is -2.18. The number of aliphatic hydroxyl groups is 1. The zero-order chi connectivity index (χ0) is 16.8. The second-order valence-corrected chi connectivity index (χ2v) is 5.72. The summed E-state index contributed by atoms with van der Waals surface area (Å²) in [5.74, 6) is 0.313. The number of halogens is 1. The molecular formula is C18H15FN4O. The van der Waals surface area contributed by atoms with Crippen LogP contribution in [0.15, 0.2) is 54.3 Å². The van der Waals surface area contributed by atoms with Crippen LogP contribution in [0.5, 0.6) is 0 Å². The predicted molar refractivity (Wildman–Crippen MR) is 91.7 cm³/mol. The summed E-state index contributed by atoms with van der Waals surface area (Å²) in [7, 11) is 1.85. The van der Waals surface area contributed by atoms with E-state index in [1.807, 2.05) is 35.9 Å². The van der Waals surface area contributed by atoms with Crippen LogP contribution in [0.4, 0.5) is 10.1 Å². The fraction of sp³-hybridized carbons (Fsp3) is 0.111. The van der Waals surface area contributed by atoms with Gasteiger partial charge in [-0.2, -0.15) is 0 Å². The van der Waals surface area contributed by atoms with Crippen molar-refractivity contribution in [3.63, 3.8) is 0 Å². The molecule has 1 aromatic heterocycles. The number of hydrogen-bond donors (Lipinski definition) is 2. The number of hydrogen-bond acceptors (Lipinski definition) is 3. The molecule has 3 aromatic rings. The third-order valence-electron chi connectivity index (χ3n) is 4.23. The first-order valence-electron chi connectivity index (χ1n) is 7.52. The first kappa shape index (κ1) is 14.4. The van der Waals surface area contributed by atoms with Crippen LogP contribution in [0, 0.1) is 11.2 Å². The molecule has 0 radical (unpaired) electrons. The van der Waals surface area contributed by atoms with Gasteiger partial charge < -0.3 is 14.6 Å². The van der Waals surface area contributed by atoms with Crippen LogP contribution in [-0.4, -0.2) is 27.0 Å². The topological polar surface area (TPSA) is 65.1 Å². The van der Waals surface area contributed by atoms with Gasteiger partial charge in [0.05, 0.1) is 23.2 Å². The smallest absolute Gasteiger partial charge is 0.148 e. The molecule has 2 aromatic carbocycles. The summed E-state index contributed by atoms with van der Waals surface area (Å²) in [5, 5.41) is 18.9. The van der Waals surface area contributed by atoms with E-state index in [4.69, 9.17) is 5.41 Å². The third kappa shape index (κ3) is 2.07. The number of fused-ring (bicyclic) bond motifs is 1. The molecule has 0 fully saturated rings. The molecule has 120 valence electrons. The minimum Gasteiger partial charge on any atom is -0.509 e. The number of aromatic nitrogens is 2. The molecule has 1 aliphatic rings. The minimum absolute atomic E-state index is 0.0580. The van der Waals surface area contributed by atoms with E-state index in [1.165, 1.54) is 12.1 Å². The van der Waals surface area contributed by atoms with Crippen molar-refractivity contribution in [1.82, 2.24) is 9.55 Å². The van der Waals surface area contributed by atoms with Crippen molar-refractivity contribution in [3.8, 4) is 0 Å². The first-order chi connectivity index (χ1) is 11.6. The molecule has 2 N–H and O–H groups in total. The molecule has 0 atom stereocenters. The first-order valence-corrected chi connectivity index (χ1v) is 7.52. The molecule has 5 nitrogen and oxygen atoms in total. The van der Waals surface area contributed by atoms with Crippen LogP contribution in [0.2, 0.25) is 0 Å². The Morgan fingerprint density at radius 3 is 2.71 bits per heavy atom. The number of benzene rings is 2. The Bertz CT molecular complexity index is 1010. The van der Waals surface area contributed by atoms with Gasteiger partial charge in [-0.15, -0.1) is 0 Å². The standard InChI is InChI=1S/C18H15FN4O/c1-22-14-8-3-2-7-13(14)21-18(22)16-15(24)10-23(17(16)20)12-6-4-5-11(19)9-12/h2-9,20,24H,10H2,1H3. The summed E-state index contributed by atoms with van der Waals surface area (Å²) in [6, 6.07) is 13.6. The number of imidazole rings is 1. The molecule has 0 unspecified atom stereocenters. The zero-order valence-corrected chi connectivity index (χ0v) is 13.0. The van der Waals surface area contributed by atoms with E-state index in [0.29, 0.717) is 17.1 Å². The molecule has 0 bridgehead atoms. The van der Waals surface area contributed by atoms with Gasteiger partial charge in [0.1, 0.15) is 23.2 Å². The second-order valence-electron chi connectivity index (χ2n) is 5.72. The Hall–Kier alpha value is -3.15. The van der Waals surface area contributed by atoms with Gasteiger partial charge in [-0.1, -0.05) is 18.2 Å². The lowest BCUT2D eigenvalue weighted by molar-refractivity contribution is 0.411. The van der Waals surface area contributed by atoms with Gasteiger partial charge in [-0.05, 0) is 30.3 Å². The molecule has 1 aliphatic heterocycles. The van der Waals surface area contributed by atoms with Gasteiger partial charge >= 0.3 is 0 Å². The molecule has 0 spiro atoms. The highest BCUT2D eigenvalue weighted by Gasteiger charge is 2.32. The fourth-order valence-electron chi connectivity index (χ4n) is 3.05. The van der Waals surface area contributed by atoms with Crippen LogP contribution >= 0.6 is 0 Å². The van der Waals surface area contributed by atoms with E-state index in [1.54, 1.807) is 17.0 Å². The normalized spacial score (nSPS) is 14.9. The van der Waals surface area contributed by atoms with E-state index in [0.717, 1.165) is 11.0 Å². The average Bonchev–Trinajstić information content (AvgIpc) is 3.05. The maximum atomic E-state index is 13.5. The predicted octanol–water partition coefficient (Wildman–Crippen LogP) is 3.48. The quantitative estimate of drug-likeness (QED) is 0.759. The highest BCUT2D eigenvalue weighted by atomic mass is 19.1. The summed E-state index contributed by atoms with van der Waals surface area (Å²) < 4.78 is 15.3. The van der Waals surface area contributed by atoms with Gasteiger partial charge in [-0.25, -0.2) is 9.37 Å². The van der Waals surface area contributed by atoms with E-state index in [9.17, 15) is 9.50 Å². The molecule has 0 amide bonds. The summed E-state index contributed by atoms with van der Waals surface area (Å²) >= 11 is 0. The number of aliphatic hydroxyl groups excluding tert-OH is 1.